The standard InChI is InChI=1S/C10H10BrNO/c11-7-2-4-8-6(5-7)1-3-9(8)10(12)13/h2,4-5,9H,1,3H2,(H2,12,13)/t9-/m1/s1. The molecule has 2 N–H and O–H groups in total. The molecule has 3 heteroatoms. The van der Waals surface area contributed by atoms with Gasteiger partial charge in [0.15, 0.2) is 0 Å². The number of rotatable bonds is 1. The van der Waals surface area contributed by atoms with Crippen LogP contribution in [0.25, 0.3) is 0 Å². The minimum Gasteiger partial charge on any atom is -0.369 e. The zero-order chi connectivity index (χ0) is 9.42. The molecule has 0 spiro atoms. The summed E-state index contributed by atoms with van der Waals surface area (Å²) in [7, 11) is 0. The average molecular weight is 240 g/mol. The maximum atomic E-state index is 11.1. The number of aryl methyl sites for hydroxylation is 1. The summed E-state index contributed by atoms with van der Waals surface area (Å²) in [5.41, 5.74) is 7.66. The molecule has 13 heavy (non-hydrogen) atoms. The Balaban J connectivity index is 2.44. The highest BCUT2D eigenvalue weighted by molar-refractivity contribution is 9.10. The number of fused-ring (bicyclic) bond motifs is 1. The normalized spacial score (nSPS) is 19.9. The largest absolute Gasteiger partial charge is 0.369 e. The van der Waals surface area contributed by atoms with E-state index in [1.165, 1.54) is 5.56 Å². The SMILES string of the molecule is NC(=O)[C@@H]1CCc2cc(Br)ccc21. The second-order valence-electron chi connectivity index (χ2n) is 3.34. The fraction of sp³-hybridized carbons (Fsp3) is 0.300. The molecular formula is C10H10BrNO. The molecule has 0 saturated carbocycles. The van der Waals surface area contributed by atoms with Crippen LogP contribution in [0.15, 0.2) is 22.7 Å². The van der Waals surface area contributed by atoms with Crippen molar-refractivity contribution >= 4 is 21.8 Å². The monoisotopic (exact) mass is 239 g/mol. The summed E-state index contributed by atoms with van der Waals surface area (Å²) in [6.07, 6.45) is 1.82. The van der Waals surface area contributed by atoms with Gasteiger partial charge in [0, 0.05) is 4.47 Å². The Morgan fingerprint density at radius 1 is 1.54 bits per heavy atom. The molecule has 2 nitrogen and oxygen atoms in total. The lowest BCUT2D eigenvalue weighted by Crippen LogP contribution is -2.19. The lowest BCUT2D eigenvalue weighted by Gasteiger charge is -2.06. The second-order valence-corrected chi connectivity index (χ2v) is 4.25. The average Bonchev–Trinajstić information content (AvgIpc) is 2.46. The minimum atomic E-state index is -0.207. The number of primary amides is 1. The van der Waals surface area contributed by atoms with Crippen LogP contribution in [0.5, 0.6) is 0 Å². The third-order valence-corrected chi connectivity index (χ3v) is 3.02. The molecule has 0 saturated heterocycles. The lowest BCUT2D eigenvalue weighted by atomic mass is 10.0. The Morgan fingerprint density at radius 2 is 2.31 bits per heavy atom. The Morgan fingerprint density at radius 3 is 3.00 bits per heavy atom. The zero-order valence-electron chi connectivity index (χ0n) is 7.09. The Bertz CT molecular complexity index is 362. The third kappa shape index (κ3) is 1.48. The van der Waals surface area contributed by atoms with Crippen LogP contribution in [-0.2, 0) is 11.2 Å². The van der Waals surface area contributed by atoms with Crippen LogP contribution in [-0.4, -0.2) is 5.91 Å². The van der Waals surface area contributed by atoms with E-state index in [9.17, 15) is 4.79 Å². The van der Waals surface area contributed by atoms with Gasteiger partial charge < -0.3 is 5.73 Å². The molecule has 68 valence electrons. The van der Waals surface area contributed by atoms with Crippen LogP contribution in [0.1, 0.15) is 23.5 Å². The van der Waals surface area contributed by atoms with Crippen molar-refractivity contribution in [2.24, 2.45) is 5.73 Å². The number of halogens is 1. The van der Waals surface area contributed by atoms with E-state index in [0.717, 1.165) is 22.9 Å². The summed E-state index contributed by atoms with van der Waals surface area (Å²) in [5.74, 6) is -0.274. The third-order valence-electron chi connectivity index (χ3n) is 2.53. The summed E-state index contributed by atoms with van der Waals surface area (Å²) < 4.78 is 1.07. The first-order valence-corrected chi connectivity index (χ1v) is 5.05. The highest BCUT2D eigenvalue weighted by Gasteiger charge is 2.26. The fourth-order valence-electron chi connectivity index (χ4n) is 1.88. The van der Waals surface area contributed by atoms with Crippen molar-refractivity contribution in [3.63, 3.8) is 0 Å². The van der Waals surface area contributed by atoms with Crippen molar-refractivity contribution in [3.8, 4) is 0 Å². The smallest absolute Gasteiger partial charge is 0.224 e. The van der Waals surface area contributed by atoms with Gasteiger partial charge >= 0.3 is 0 Å². The van der Waals surface area contributed by atoms with Crippen LogP contribution < -0.4 is 5.73 Å². The van der Waals surface area contributed by atoms with E-state index in [4.69, 9.17) is 5.73 Å². The molecular weight excluding hydrogens is 230 g/mol. The van der Waals surface area contributed by atoms with Gasteiger partial charge in [-0.1, -0.05) is 22.0 Å². The topological polar surface area (TPSA) is 43.1 Å². The first-order valence-electron chi connectivity index (χ1n) is 4.26. The van der Waals surface area contributed by atoms with Crippen molar-refractivity contribution in [3.05, 3.63) is 33.8 Å². The molecule has 0 bridgehead atoms. The summed E-state index contributed by atoms with van der Waals surface area (Å²) >= 11 is 3.41. The van der Waals surface area contributed by atoms with Gasteiger partial charge in [0.05, 0.1) is 5.92 Å². The highest BCUT2D eigenvalue weighted by atomic mass is 79.9. The number of carbonyl (C=O) groups excluding carboxylic acids is 1. The number of amides is 1. The van der Waals surface area contributed by atoms with Gasteiger partial charge in [-0.3, -0.25) is 4.79 Å². The number of hydrogen-bond donors (Lipinski definition) is 1. The van der Waals surface area contributed by atoms with E-state index in [1.807, 2.05) is 12.1 Å². The predicted molar refractivity (Wildman–Crippen MR) is 54.4 cm³/mol. The van der Waals surface area contributed by atoms with E-state index < -0.39 is 0 Å². The molecule has 1 aromatic carbocycles. The van der Waals surface area contributed by atoms with Gasteiger partial charge in [0.25, 0.3) is 0 Å². The molecule has 0 unspecified atom stereocenters. The summed E-state index contributed by atoms with van der Waals surface area (Å²) in [6, 6.07) is 6.01. The highest BCUT2D eigenvalue weighted by Crippen LogP contribution is 2.34. The molecule has 0 fully saturated rings. The molecule has 1 amide bonds. The quantitative estimate of drug-likeness (QED) is 0.801. The van der Waals surface area contributed by atoms with Gasteiger partial charge in [-0.05, 0) is 36.1 Å². The molecule has 2 rings (SSSR count). The summed E-state index contributed by atoms with van der Waals surface area (Å²) in [4.78, 5) is 11.1. The summed E-state index contributed by atoms with van der Waals surface area (Å²) in [6.45, 7) is 0. The van der Waals surface area contributed by atoms with Gasteiger partial charge in [-0.25, -0.2) is 0 Å². The van der Waals surface area contributed by atoms with Crippen molar-refractivity contribution in [2.45, 2.75) is 18.8 Å². The number of nitrogens with two attached hydrogens (primary N) is 1. The number of hydrogen-bond acceptors (Lipinski definition) is 1. The van der Waals surface area contributed by atoms with Crippen LogP contribution in [0.2, 0.25) is 0 Å². The molecule has 1 atom stereocenters. The van der Waals surface area contributed by atoms with E-state index in [-0.39, 0.29) is 11.8 Å². The van der Waals surface area contributed by atoms with E-state index in [2.05, 4.69) is 22.0 Å². The summed E-state index contributed by atoms with van der Waals surface area (Å²) in [5, 5.41) is 0. The first-order chi connectivity index (χ1) is 6.18. The lowest BCUT2D eigenvalue weighted by molar-refractivity contribution is -0.119. The number of benzene rings is 1. The van der Waals surface area contributed by atoms with Crippen LogP contribution in [0.4, 0.5) is 0 Å². The van der Waals surface area contributed by atoms with Crippen LogP contribution in [0.3, 0.4) is 0 Å². The van der Waals surface area contributed by atoms with Crippen LogP contribution >= 0.6 is 15.9 Å². The van der Waals surface area contributed by atoms with Crippen molar-refractivity contribution < 1.29 is 4.79 Å². The maximum absolute atomic E-state index is 11.1. The molecule has 0 aliphatic heterocycles. The second kappa shape index (κ2) is 3.14. The zero-order valence-corrected chi connectivity index (χ0v) is 8.67. The molecule has 0 aromatic heterocycles. The first kappa shape index (κ1) is 8.75. The molecule has 1 aliphatic rings. The Labute approximate surface area is 85.3 Å². The Kier molecular flexibility index (Phi) is 2.12. The number of carbonyl (C=O) groups is 1. The molecule has 0 heterocycles. The van der Waals surface area contributed by atoms with Gasteiger partial charge in [-0.2, -0.15) is 0 Å². The predicted octanol–water partition coefficient (Wildman–Crippen LogP) is 1.96. The van der Waals surface area contributed by atoms with Gasteiger partial charge in [-0.15, -0.1) is 0 Å². The van der Waals surface area contributed by atoms with E-state index in [1.54, 1.807) is 0 Å². The molecule has 0 radical (unpaired) electrons. The van der Waals surface area contributed by atoms with Gasteiger partial charge in [0.1, 0.15) is 0 Å². The van der Waals surface area contributed by atoms with Crippen molar-refractivity contribution in [1.29, 1.82) is 0 Å². The van der Waals surface area contributed by atoms with Crippen LogP contribution in [0, 0.1) is 0 Å². The van der Waals surface area contributed by atoms with Gasteiger partial charge in [0.2, 0.25) is 5.91 Å². The Hall–Kier alpha value is -0.830. The fourth-order valence-corrected chi connectivity index (χ4v) is 2.29. The molecule has 1 aliphatic carbocycles. The molecule has 1 aromatic rings. The maximum Gasteiger partial charge on any atom is 0.224 e. The minimum absolute atomic E-state index is 0.0666. The van der Waals surface area contributed by atoms with Crippen molar-refractivity contribution in [1.82, 2.24) is 0 Å². The van der Waals surface area contributed by atoms with Crippen molar-refractivity contribution in [2.75, 3.05) is 0 Å². The van der Waals surface area contributed by atoms with E-state index >= 15 is 0 Å². The van der Waals surface area contributed by atoms with E-state index in [0.29, 0.717) is 0 Å².